The number of ether oxygens (including phenoxy) is 1. The normalized spacial score (nSPS) is 13.6. The van der Waals surface area contributed by atoms with Crippen molar-refractivity contribution in [3.63, 3.8) is 0 Å². The van der Waals surface area contributed by atoms with E-state index >= 15 is 0 Å². The van der Waals surface area contributed by atoms with Gasteiger partial charge in [-0.05, 0) is 71.6 Å². The van der Waals surface area contributed by atoms with Gasteiger partial charge in [0.1, 0.15) is 11.6 Å². The van der Waals surface area contributed by atoms with Crippen LogP contribution in [0.25, 0.3) is 0 Å². The molecule has 0 saturated carbocycles. The van der Waals surface area contributed by atoms with E-state index in [-0.39, 0.29) is 0 Å². The van der Waals surface area contributed by atoms with Gasteiger partial charge in [-0.2, -0.15) is 0 Å². The largest absolute Gasteiger partial charge is 0.493 e. The first kappa shape index (κ1) is 13.4. The Morgan fingerprint density at radius 3 is 2.90 bits per heavy atom. The maximum absolute atomic E-state index is 5.66. The number of anilines is 2. The highest BCUT2D eigenvalue weighted by Crippen LogP contribution is 2.31. The van der Waals surface area contributed by atoms with Crippen molar-refractivity contribution in [1.82, 2.24) is 4.98 Å². The Labute approximate surface area is 127 Å². The summed E-state index contributed by atoms with van der Waals surface area (Å²) in [7, 11) is 2.04. The van der Waals surface area contributed by atoms with Gasteiger partial charge in [0.25, 0.3) is 0 Å². The molecule has 0 saturated heterocycles. The molecule has 0 bridgehead atoms. The molecule has 0 amide bonds. The highest BCUT2D eigenvalue weighted by Gasteiger charge is 2.13. The molecule has 20 heavy (non-hydrogen) atoms. The number of hydrogen-bond acceptors (Lipinski definition) is 3. The molecule has 1 aliphatic rings. The van der Waals surface area contributed by atoms with Crippen molar-refractivity contribution in [2.45, 2.75) is 19.8 Å². The van der Waals surface area contributed by atoms with Gasteiger partial charge in [0.05, 0.1) is 12.3 Å². The molecule has 1 aromatic carbocycles. The molecule has 2 heterocycles. The molecule has 0 N–H and O–H groups in total. The van der Waals surface area contributed by atoms with E-state index in [1.807, 2.05) is 26.1 Å². The van der Waals surface area contributed by atoms with Gasteiger partial charge >= 0.3 is 0 Å². The molecular formula is C16H17BrN2O. The molecule has 0 fully saturated rings. The van der Waals surface area contributed by atoms with Gasteiger partial charge in [-0.25, -0.2) is 4.98 Å². The van der Waals surface area contributed by atoms with E-state index in [1.54, 1.807) is 0 Å². The molecule has 0 radical (unpaired) electrons. The van der Waals surface area contributed by atoms with Crippen molar-refractivity contribution in [3.05, 3.63) is 46.1 Å². The number of hydrogen-bond donors (Lipinski definition) is 0. The summed E-state index contributed by atoms with van der Waals surface area (Å²) in [5, 5.41) is 0. The third-order valence-corrected chi connectivity index (χ3v) is 4.47. The monoisotopic (exact) mass is 332 g/mol. The number of fused-ring (bicyclic) bond motifs is 1. The van der Waals surface area contributed by atoms with Crippen LogP contribution in [-0.2, 0) is 6.42 Å². The Bertz CT molecular complexity index is 642. The first-order valence-corrected chi connectivity index (χ1v) is 7.57. The van der Waals surface area contributed by atoms with Crippen molar-refractivity contribution in [3.8, 4) is 5.75 Å². The number of aromatic nitrogens is 1. The molecule has 1 aromatic heterocycles. The van der Waals surface area contributed by atoms with E-state index in [4.69, 9.17) is 4.74 Å². The predicted octanol–water partition coefficient (Wildman–Crippen LogP) is 4.25. The van der Waals surface area contributed by atoms with E-state index in [0.29, 0.717) is 0 Å². The van der Waals surface area contributed by atoms with Crippen LogP contribution in [0.4, 0.5) is 11.5 Å². The minimum absolute atomic E-state index is 0.829. The van der Waals surface area contributed by atoms with Crippen molar-refractivity contribution in [2.24, 2.45) is 0 Å². The van der Waals surface area contributed by atoms with Gasteiger partial charge in [-0.1, -0.05) is 0 Å². The number of benzene rings is 1. The van der Waals surface area contributed by atoms with Crippen molar-refractivity contribution in [2.75, 3.05) is 18.6 Å². The fourth-order valence-electron chi connectivity index (χ4n) is 2.41. The lowest BCUT2D eigenvalue weighted by atomic mass is 10.1. The van der Waals surface area contributed by atoms with E-state index < -0.39 is 0 Å². The minimum atomic E-state index is 0.829. The zero-order chi connectivity index (χ0) is 14.1. The van der Waals surface area contributed by atoms with Gasteiger partial charge in [-0.15, -0.1) is 0 Å². The van der Waals surface area contributed by atoms with Crippen LogP contribution in [0.15, 0.2) is 34.8 Å². The van der Waals surface area contributed by atoms with Crippen LogP contribution in [0.2, 0.25) is 0 Å². The highest BCUT2D eigenvalue weighted by molar-refractivity contribution is 9.10. The van der Waals surface area contributed by atoms with Crippen LogP contribution in [0.1, 0.15) is 17.7 Å². The van der Waals surface area contributed by atoms with Gasteiger partial charge in [-0.3, -0.25) is 0 Å². The van der Waals surface area contributed by atoms with E-state index in [2.05, 4.69) is 44.0 Å². The maximum Gasteiger partial charge on any atom is 0.133 e. The number of nitrogens with zero attached hydrogens (tertiary/aromatic N) is 2. The second-order valence-electron chi connectivity index (χ2n) is 5.04. The average molecular weight is 333 g/mol. The van der Waals surface area contributed by atoms with Crippen LogP contribution in [0.5, 0.6) is 5.75 Å². The lowest BCUT2D eigenvalue weighted by Gasteiger charge is -2.23. The Morgan fingerprint density at radius 2 is 2.10 bits per heavy atom. The Morgan fingerprint density at radius 1 is 1.25 bits per heavy atom. The third kappa shape index (κ3) is 2.52. The number of pyridine rings is 1. The number of halogens is 1. The predicted molar refractivity (Wildman–Crippen MR) is 85.0 cm³/mol. The molecule has 0 spiro atoms. The zero-order valence-corrected chi connectivity index (χ0v) is 13.3. The fourth-order valence-corrected chi connectivity index (χ4v) is 2.63. The molecule has 3 rings (SSSR count). The smallest absolute Gasteiger partial charge is 0.133 e. The first-order chi connectivity index (χ1) is 9.65. The summed E-state index contributed by atoms with van der Waals surface area (Å²) in [4.78, 5) is 6.71. The van der Waals surface area contributed by atoms with Crippen LogP contribution in [-0.4, -0.2) is 18.6 Å². The standard InChI is InChI=1S/C16H17BrN2O/c1-11-14(17)6-8-16(18-11)19(2)13-5-7-15-12(10-13)4-3-9-20-15/h5-8,10H,3-4,9H2,1-2H3. The van der Waals surface area contributed by atoms with Crippen LogP contribution in [0.3, 0.4) is 0 Å². The SMILES string of the molecule is Cc1nc(N(C)c2ccc3c(c2)CCCO3)ccc1Br. The van der Waals surface area contributed by atoms with Crippen molar-refractivity contribution < 1.29 is 4.74 Å². The van der Waals surface area contributed by atoms with Gasteiger partial charge in [0, 0.05) is 17.2 Å². The average Bonchev–Trinajstić information content (AvgIpc) is 2.49. The fraction of sp³-hybridized carbons (Fsp3) is 0.312. The molecule has 0 aliphatic carbocycles. The topological polar surface area (TPSA) is 25.4 Å². The highest BCUT2D eigenvalue weighted by atomic mass is 79.9. The molecule has 2 aromatic rings. The summed E-state index contributed by atoms with van der Waals surface area (Å²) in [5.41, 5.74) is 3.42. The van der Waals surface area contributed by atoms with Gasteiger partial charge in [0.15, 0.2) is 0 Å². The molecule has 3 nitrogen and oxygen atoms in total. The molecule has 0 atom stereocenters. The summed E-state index contributed by atoms with van der Waals surface area (Å²) in [6.07, 6.45) is 2.18. The summed E-state index contributed by atoms with van der Waals surface area (Å²) >= 11 is 3.49. The maximum atomic E-state index is 5.66. The summed E-state index contributed by atoms with van der Waals surface area (Å²) in [6, 6.07) is 10.4. The summed E-state index contributed by atoms with van der Waals surface area (Å²) < 4.78 is 6.69. The summed E-state index contributed by atoms with van der Waals surface area (Å²) in [5.74, 6) is 1.97. The zero-order valence-electron chi connectivity index (χ0n) is 11.7. The lowest BCUT2D eigenvalue weighted by molar-refractivity contribution is 0.288. The minimum Gasteiger partial charge on any atom is -0.493 e. The number of aryl methyl sites for hydroxylation is 2. The van der Waals surface area contributed by atoms with Gasteiger partial charge in [0.2, 0.25) is 0 Å². The van der Waals surface area contributed by atoms with Crippen LogP contribution >= 0.6 is 15.9 Å². The number of rotatable bonds is 2. The van der Waals surface area contributed by atoms with Gasteiger partial charge < -0.3 is 9.64 Å². The van der Waals surface area contributed by atoms with E-state index in [0.717, 1.165) is 46.9 Å². The first-order valence-electron chi connectivity index (χ1n) is 6.78. The quantitative estimate of drug-likeness (QED) is 0.822. The second kappa shape index (κ2) is 5.44. The van der Waals surface area contributed by atoms with E-state index in [1.165, 1.54) is 5.56 Å². The molecule has 104 valence electrons. The van der Waals surface area contributed by atoms with Crippen LogP contribution < -0.4 is 9.64 Å². The molecular weight excluding hydrogens is 316 g/mol. The lowest BCUT2D eigenvalue weighted by Crippen LogP contribution is -2.14. The third-order valence-electron chi connectivity index (χ3n) is 3.63. The molecule has 0 unspecified atom stereocenters. The van der Waals surface area contributed by atoms with Crippen molar-refractivity contribution in [1.29, 1.82) is 0 Å². The second-order valence-corrected chi connectivity index (χ2v) is 5.89. The summed E-state index contributed by atoms with van der Waals surface area (Å²) in [6.45, 7) is 2.83. The Hall–Kier alpha value is -1.55. The molecule has 1 aliphatic heterocycles. The van der Waals surface area contributed by atoms with Crippen molar-refractivity contribution >= 4 is 27.4 Å². The van der Waals surface area contributed by atoms with Crippen LogP contribution in [0, 0.1) is 6.92 Å². The Balaban J connectivity index is 1.93. The van der Waals surface area contributed by atoms with E-state index in [9.17, 15) is 0 Å². The Kier molecular flexibility index (Phi) is 3.66. The molecule has 4 heteroatoms.